The van der Waals surface area contributed by atoms with Gasteiger partial charge in [-0.1, -0.05) is 54.9 Å². The first kappa shape index (κ1) is 14.4. The molecule has 0 bridgehead atoms. The summed E-state index contributed by atoms with van der Waals surface area (Å²) < 4.78 is 0. The zero-order valence-corrected chi connectivity index (χ0v) is 12.5. The molecule has 0 amide bonds. The van der Waals surface area contributed by atoms with Crippen LogP contribution in [0.1, 0.15) is 31.4 Å². The molecule has 0 aliphatic carbocycles. The van der Waals surface area contributed by atoms with Crippen molar-refractivity contribution < 1.29 is 0 Å². The summed E-state index contributed by atoms with van der Waals surface area (Å²) in [5, 5.41) is 0.764. The molecule has 19 heavy (non-hydrogen) atoms. The smallest absolute Gasteiger partial charge is 0.0406 e. The molecular formula is C16H18ClNS. The van der Waals surface area contributed by atoms with Crippen molar-refractivity contribution in [2.24, 2.45) is 5.73 Å². The van der Waals surface area contributed by atoms with Crippen LogP contribution < -0.4 is 5.73 Å². The van der Waals surface area contributed by atoms with Gasteiger partial charge >= 0.3 is 0 Å². The van der Waals surface area contributed by atoms with Gasteiger partial charge in [-0.15, -0.1) is 0 Å². The van der Waals surface area contributed by atoms with Gasteiger partial charge in [-0.2, -0.15) is 0 Å². The summed E-state index contributed by atoms with van der Waals surface area (Å²) in [5.41, 5.74) is 7.48. The zero-order valence-electron chi connectivity index (χ0n) is 11.0. The predicted molar refractivity (Wildman–Crippen MR) is 83.9 cm³/mol. The van der Waals surface area contributed by atoms with Gasteiger partial charge in [0.25, 0.3) is 0 Å². The fourth-order valence-electron chi connectivity index (χ4n) is 1.98. The van der Waals surface area contributed by atoms with Crippen LogP contribution in [0.3, 0.4) is 0 Å². The highest BCUT2D eigenvalue weighted by molar-refractivity contribution is 7.99. The Kier molecular flexibility index (Phi) is 5.32. The molecule has 0 saturated carbocycles. The van der Waals surface area contributed by atoms with E-state index in [0.717, 1.165) is 17.9 Å². The molecule has 1 atom stereocenters. The van der Waals surface area contributed by atoms with Crippen molar-refractivity contribution in [3.8, 4) is 0 Å². The van der Waals surface area contributed by atoms with E-state index < -0.39 is 0 Å². The lowest BCUT2D eigenvalue weighted by atomic mass is 10.0. The minimum atomic E-state index is 0.112. The molecule has 2 N–H and O–H groups in total. The average molecular weight is 292 g/mol. The van der Waals surface area contributed by atoms with Gasteiger partial charge in [-0.25, -0.2) is 0 Å². The highest BCUT2D eigenvalue weighted by Gasteiger charge is 2.10. The van der Waals surface area contributed by atoms with Crippen molar-refractivity contribution in [1.82, 2.24) is 0 Å². The molecule has 1 nitrogen and oxygen atoms in total. The Morgan fingerprint density at radius 2 is 1.79 bits per heavy atom. The summed E-state index contributed by atoms with van der Waals surface area (Å²) in [4.78, 5) is 2.41. The molecule has 0 aromatic heterocycles. The van der Waals surface area contributed by atoms with Gasteiger partial charge in [0.1, 0.15) is 0 Å². The SMILES string of the molecule is CCC[C@@H](N)c1ccccc1Sc1ccc(Cl)cc1. The van der Waals surface area contributed by atoms with Crippen LogP contribution in [-0.4, -0.2) is 0 Å². The summed E-state index contributed by atoms with van der Waals surface area (Å²) in [6.45, 7) is 2.16. The molecule has 0 fully saturated rings. The van der Waals surface area contributed by atoms with E-state index in [-0.39, 0.29) is 6.04 Å². The van der Waals surface area contributed by atoms with Gasteiger partial charge in [0.05, 0.1) is 0 Å². The summed E-state index contributed by atoms with van der Waals surface area (Å²) in [6, 6.07) is 16.4. The van der Waals surface area contributed by atoms with Gasteiger partial charge in [0.2, 0.25) is 0 Å². The predicted octanol–water partition coefficient (Wildman–Crippen LogP) is 5.29. The summed E-state index contributed by atoms with van der Waals surface area (Å²) in [7, 11) is 0. The van der Waals surface area contributed by atoms with E-state index in [4.69, 9.17) is 17.3 Å². The second kappa shape index (κ2) is 6.99. The summed E-state index contributed by atoms with van der Waals surface area (Å²) in [5.74, 6) is 0. The highest BCUT2D eigenvalue weighted by Crippen LogP contribution is 2.34. The van der Waals surface area contributed by atoms with Crippen LogP contribution in [0.2, 0.25) is 5.02 Å². The molecule has 100 valence electrons. The molecule has 2 aromatic carbocycles. The number of halogens is 1. The van der Waals surface area contributed by atoms with Gasteiger partial charge in [0.15, 0.2) is 0 Å². The van der Waals surface area contributed by atoms with Crippen LogP contribution in [0.15, 0.2) is 58.3 Å². The Morgan fingerprint density at radius 1 is 1.11 bits per heavy atom. The van der Waals surface area contributed by atoms with E-state index in [9.17, 15) is 0 Å². The summed E-state index contributed by atoms with van der Waals surface area (Å²) in [6.07, 6.45) is 2.11. The van der Waals surface area contributed by atoms with Crippen LogP contribution in [0.5, 0.6) is 0 Å². The quantitative estimate of drug-likeness (QED) is 0.810. The minimum Gasteiger partial charge on any atom is -0.324 e. The lowest BCUT2D eigenvalue weighted by Crippen LogP contribution is -2.10. The maximum absolute atomic E-state index is 6.25. The third-order valence-corrected chi connectivity index (χ3v) is 4.31. The first-order chi connectivity index (χ1) is 9.20. The normalized spacial score (nSPS) is 12.4. The van der Waals surface area contributed by atoms with Gasteiger partial charge < -0.3 is 5.73 Å². The molecule has 3 heteroatoms. The average Bonchev–Trinajstić information content (AvgIpc) is 2.42. The number of benzene rings is 2. The molecular weight excluding hydrogens is 274 g/mol. The third kappa shape index (κ3) is 4.00. The second-order valence-electron chi connectivity index (χ2n) is 4.49. The monoisotopic (exact) mass is 291 g/mol. The Morgan fingerprint density at radius 3 is 2.47 bits per heavy atom. The number of rotatable bonds is 5. The van der Waals surface area contributed by atoms with Crippen molar-refractivity contribution in [3.63, 3.8) is 0 Å². The van der Waals surface area contributed by atoms with E-state index in [2.05, 4.69) is 31.2 Å². The highest BCUT2D eigenvalue weighted by atomic mass is 35.5. The molecule has 0 unspecified atom stereocenters. The molecule has 0 heterocycles. The maximum Gasteiger partial charge on any atom is 0.0406 e. The first-order valence-corrected chi connectivity index (χ1v) is 7.68. The first-order valence-electron chi connectivity index (χ1n) is 6.48. The van der Waals surface area contributed by atoms with Crippen molar-refractivity contribution in [2.75, 3.05) is 0 Å². The van der Waals surface area contributed by atoms with E-state index >= 15 is 0 Å². The van der Waals surface area contributed by atoms with Crippen LogP contribution in [0.25, 0.3) is 0 Å². The Hall–Kier alpha value is -0.960. The number of hydrogen-bond donors (Lipinski definition) is 1. The molecule has 0 aliphatic heterocycles. The topological polar surface area (TPSA) is 26.0 Å². The molecule has 0 spiro atoms. The Bertz CT molecular complexity index is 525. The van der Waals surface area contributed by atoms with Crippen LogP contribution >= 0.6 is 23.4 Å². The number of hydrogen-bond acceptors (Lipinski definition) is 2. The number of nitrogens with two attached hydrogens (primary N) is 1. The molecule has 2 aromatic rings. The van der Waals surface area contributed by atoms with Crippen LogP contribution in [0, 0.1) is 0 Å². The Balaban J connectivity index is 2.22. The third-order valence-electron chi connectivity index (χ3n) is 2.96. The van der Waals surface area contributed by atoms with E-state index in [1.807, 2.05) is 24.3 Å². The maximum atomic E-state index is 6.25. The largest absolute Gasteiger partial charge is 0.324 e. The van der Waals surface area contributed by atoms with E-state index in [0.29, 0.717) is 0 Å². The van der Waals surface area contributed by atoms with Gasteiger partial charge in [0, 0.05) is 20.9 Å². The van der Waals surface area contributed by atoms with Gasteiger partial charge in [-0.3, -0.25) is 0 Å². The fourth-order valence-corrected chi connectivity index (χ4v) is 3.11. The summed E-state index contributed by atoms with van der Waals surface area (Å²) >= 11 is 7.65. The van der Waals surface area contributed by atoms with Crippen molar-refractivity contribution >= 4 is 23.4 Å². The minimum absolute atomic E-state index is 0.112. The molecule has 0 saturated heterocycles. The second-order valence-corrected chi connectivity index (χ2v) is 6.04. The molecule has 2 rings (SSSR count). The lowest BCUT2D eigenvalue weighted by molar-refractivity contribution is 0.629. The standard InChI is InChI=1S/C16H18ClNS/c1-2-5-15(18)14-6-3-4-7-16(14)19-13-10-8-12(17)9-11-13/h3-4,6-11,15H,2,5,18H2,1H3/t15-/m1/s1. The van der Waals surface area contributed by atoms with Crippen molar-refractivity contribution in [2.45, 2.75) is 35.6 Å². The van der Waals surface area contributed by atoms with E-state index in [1.165, 1.54) is 15.4 Å². The molecule has 0 aliphatic rings. The zero-order chi connectivity index (χ0) is 13.7. The van der Waals surface area contributed by atoms with E-state index in [1.54, 1.807) is 11.8 Å². The fraction of sp³-hybridized carbons (Fsp3) is 0.250. The van der Waals surface area contributed by atoms with Crippen molar-refractivity contribution in [3.05, 3.63) is 59.1 Å². The van der Waals surface area contributed by atoms with Crippen molar-refractivity contribution in [1.29, 1.82) is 0 Å². The van der Waals surface area contributed by atoms with Crippen LogP contribution in [0.4, 0.5) is 0 Å². The lowest BCUT2D eigenvalue weighted by Gasteiger charge is -2.15. The van der Waals surface area contributed by atoms with Crippen LogP contribution in [-0.2, 0) is 0 Å². The Labute approximate surface area is 124 Å². The van der Waals surface area contributed by atoms with Gasteiger partial charge in [-0.05, 0) is 42.3 Å². The molecule has 0 radical (unpaired) electrons.